The Morgan fingerprint density at radius 2 is 1.74 bits per heavy atom. The van der Waals surface area contributed by atoms with Crippen molar-refractivity contribution < 1.29 is 14.9 Å². The Bertz CT molecular complexity index is 1180. The molecule has 8 nitrogen and oxygen atoms in total. The van der Waals surface area contributed by atoms with Crippen molar-refractivity contribution in [2.75, 3.05) is 18.5 Å². The molecule has 0 fully saturated rings. The zero-order chi connectivity index (χ0) is 25.0. The average Bonchev–Trinajstić information content (AvgIpc) is 3.34. The topological polar surface area (TPSA) is 94.3 Å². The quantitative estimate of drug-likeness (QED) is 0.160. The van der Waals surface area contributed by atoms with E-state index in [9.17, 15) is 0 Å². The first-order chi connectivity index (χ1) is 17.0. The molecular weight excluding hydrogens is 489 g/mol. The third-order valence-corrected chi connectivity index (χ3v) is 5.50. The molecule has 35 heavy (non-hydrogen) atoms. The SMILES string of the molecule is CCc1ncnc(NCCOc2ccn(-c3ccc(Cl)cc3)n2)c1Cl.Cc1ccc(COO)cc1. The van der Waals surface area contributed by atoms with Crippen molar-refractivity contribution in [1.82, 2.24) is 19.7 Å². The molecule has 0 spiro atoms. The van der Waals surface area contributed by atoms with Crippen LogP contribution in [0.2, 0.25) is 10.0 Å². The highest BCUT2D eigenvalue weighted by Crippen LogP contribution is 2.21. The number of hydrogen-bond acceptors (Lipinski definition) is 7. The summed E-state index contributed by atoms with van der Waals surface area (Å²) in [5, 5.41) is 16.8. The molecule has 0 saturated carbocycles. The van der Waals surface area contributed by atoms with Crippen LogP contribution in [-0.2, 0) is 17.9 Å². The lowest BCUT2D eigenvalue weighted by Crippen LogP contribution is -2.13. The van der Waals surface area contributed by atoms with Gasteiger partial charge in [0.05, 0.1) is 17.9 Å². The zero-order valence-corrected chi connectivity index (χ0v) is 21.0. The van der Waals surface area contributed by atoms with E-state index in [1.807, 2.05) is 74.6 Å². The number of aromatic nitrogens is 4. The van der Waals surface area contributed by atoms with Crippen molar-refractivity contribution in [2.24, 2.45) is 0 Å². The average molecular weight is 516 g/mol. The number of nitrogens with zero attached hydrogens (tertiary/aromatic N) is 4. The van der Waals surface area contributed by atoms with Gasteiger partial charge >= 0.3 is 0 Å². The molecule has 0 aliphatic carbocycles. The molecule has 0 aliphatic rings. The van der Waals surface area contributed by atoms with Gasteiger partial charge in [-0.15, -0.1) is 5.10 Å². The number of anilines is 1. The summed E-state index contributed by atoms with van der Waals surface area (Å²) < 4.78 is 7.37. The molecule has 2 aromatic heterocycles. The summed E-state index contributed by atoms with van der Waals surface area (Å²) in [7, 11) is 0. The van der Waals surface area contributed by atoms with Crippen molar-refractivity contribution in [3.63, 3.8) is 0 Å². The van der Waals surface area contributed by atoms with E-state index in [1.54, 1.807) is 4.68 Å². The van der Waals surface area contributed by atoms with Crippen LogP contribution in [0.1, 0.15) is 23.7 Å². The van der Waals surface area contributed by atoms with Gasteiger partial charge in [0.15, 0.2) is 0 Å². The highest BCUT2D eigenvalue weighted by molar-refractivity contribution is 6.33. The highest BCUT2D eigenvalue weighted by Gasteiger charge is 2.07. The van der Waals surface area contributed by atoms with E-state index >= 15 is 0 Å². The summed E-state index contributed by atoms with van der Waals surface area (Å²) in [6.45, 7) is 5.26. The summed E-state index contributed by atoms with van der Waals surface area (Å²) in [5.41, 5.74) is 3.92. The smallest absolute Gasteiger partial charge is 0.233 e. The Morgan fingerprint density at radius 3 is 2.43 bits per heavy atom. The Labute approximate surface area is 214 Å². The monoisotopic (exact) mass is 515 g/mol. The molecule has 2 heterocycles. The van der Waals surface area contributed by atoms with Crippen LogP contribution < -0.4 is 10.1 Å². The van der Waals surface area contributed by atoms with E-state index in [-0.39, 0.29) is 6.61 Å². The first-order valence-electron chi connectivity index (χ1n) is 11.0. The van der Waals surface area contributed by atoms with Crippen LogP contribution in [0.15, 0.2) is 67.1 Å². The Kier molecular flexibility index (Phi) is 10.3. The number of benzene rings is 2. The molecule has 2 aromatic carbocycles. The Morgan fingerprint density at radius 1 is 1.00 bits per heavy atom. The molecule has 184 valence electrons. The van der Waals surface area contributed by atoms with E-state index in [4.69, 9.17) is 33.2 Å². The van der Waals surface area contributed by atoms with Crippen molar-refractivity contribution in [2.45, 2.75) is 26.9 Å². The number of halogens is 2. The maximum Gasteiger partial charge on any atom is 0.233 e. The molecule has 0 atom stereocenters. The van der Waals surface area contributed by atoms with Gasteiger partial charge in [0.25, 0.3) is 0 Å². The van der Waals surface area contributed by atoms with Gasteiger partial charge in [-0.25, -0.2) is 19.5 Å². The molecule has 10 heteroatoms. The van der Waals surface area contributed by atoms with Gasteiger partial charge in [-0.05, 0) is 43.2 Å². The minimum absolute atomic E-state index is 0.264. The number of ether oxygens (including phenoxy) is 1. The maximum atomic E-state index is 8.09. The lowest BCUT2D eigenvalue weighted by Gasteiger charge is -2.09. The minimum atomic E-state index is 0.264. The van der Waals surface area contributed by atoms with Gasteiger partial charge in [-0.3, -0.25) is 5.26 Å². The molecule has 0 aliphatic heterocycles. The fourth-order valence-corrected chi connectivity index (χ4v) is 3.41. The molecule has 0 unspecified atom stereocenters. The largest absolute Gasteiger partial charge is 0.475 e. The molecule has 0 saturated heterocycles. The van der Waals surface area contributed by atoms with Crippen LogP contribution in [-0.4, -0.2) is 38.2 Å². The van der Waals surface area contributed by atoms with Gasteiger partial charge in [0.1, 0.15) is 30.4 Å². The Hall–Kier alpha value is -3.17. The zero-order valence-electron chi connectivity index (χ0n) is 19.5. The molecular formula is C25H27Cl2N5O3. The third-order valence-electron chi connectivity index (χ3n) is 4.85. The lowest BCUT2D eigenvalue weighted by molar-refractivity contribution is -0.253. The summed E-state index contributed by atoms with van der Waals surface area (Å²) in [6, 6.07) is 17.0. The number of rotatable bonds is 9. The molecule has 0 bridgehead atoms. The summed E-state index contributed by atoms with van der Waals surface area (Å²) in [6.07, 6.45) is 4.09. The van der Waals surface area contributed by atoms with E-state index in [0.717, 1.165) is 23.4 Å². The van der Waals surface area contributed by atoms with Crippen LogP contribution >= 0.6 is 23.2 Å². The molecule has 2 N–H and O–H groups in total. The predicted molar refractivity (Wildman–Crippen MR) is 138 cm³/mol. The van der Waals surface area contributed by atoms with Crippen LogP contribution in [0, 0.1) is 6.92 Å². The second kappa shape index (κ2) is 13.7. The lowest BCUT2D eigenvalue weighted by atomic mass is 10.2. The Balaban J connectivity index is 0.000000287. The van der Waals surface area contributed by atoms with Crippen LogP contribution in [0.3, 0.4) is 0 Å². The number of aryl methyl sites for hydroxylation is 2. The molecule has 4 aromatic rings. The normalized spacial score (nSPS) is 10.4. The standard InChI is InChI=1S/C17H17Cl2N5O.C8H10O2/c1-2-14-16(19)17(22-11-21-14)20-8-10-25-15-7-9-24(23-15)13-5-3-12(18)4-6-13;1-7-2-4-8(5-3-7)6-10-9/h3-7,9,11H,2,8,10H2,1H3,(H,20,21,22);2-5,9H,6H2,1H3. The van der Waals surface area contributed by atoms with Gasteiger partial charge in [-0.2, -0.15) is 0 Å². The van der Waals surface area contributed by atoms with Gasteiger partial charge in [0.2, 0.25) is 5.88 Å². The molecule has 0 amide bonds. The fourth-order valence-electron chi connectivity index (χ4n) is 2.98. The van der Waals surface area contributed by atoms with Gasteiger partial charge < -0.3 is 10.1 Å². The van der Waals surface area contributed by atoms with E-state index < -0.39 is 0 Å². The van der Waals surface area contributed by atoms with Crippen molar-refractivity contribution in [1.29, 1.82) is 0 Å². The molecule has 4 rings (SSSR count). The van der Waals surface area contributed by atoms with Crippen LogP contribution in [0.5, 0.6) is 5.88 Å². The fraction of sp³-hybridized carbons (Fsp3) is 0.240. The molecule has 0 radical (unpaired) electrons. The van der Waals surface area contributed by atoms with Crippen LogP contribution in [0.25, 0.3) is 5.69 Å². The van der Waals surface area contributed by atoms with Gasteiger partial charge in [0, 0.05) is 17.3 Å². The van der Waals surface area contributed by atoms with E-state index in [0.29, 0.717) is 34.9 Å². The van der Waals surface area contributed by atoms with E-state index in [1.165, 1.54) is 11.9 Å². The predicted octanol–water partition coefficient (Wildman–Crippen LogP) is 6.01. The van der Waals surface area contributed by atoms with Crippen molar-refractivity contribution in [3.8, 4) is 11.6 Å². The first kappa shape index (κ1) is 26.4. The van der Waals surface area contributed by atoms with Crippen LogP contribution in [0.4, 0.5) is 5.82 Å². The van der Waals surface area contributed by atoms with Gasteiger partial charge in [-0.1, -0.05) is 60.0 Å². The maximum absolute atomic E-state index is 8.09. The second-order valence-electron chi connectivity index (χ2n) is 7.45. The second-order valence-corrected chi connectivity index (χ2v) is 8.26. The van der Waals surface area contributed by atoms with Crippen molar-refractivity contribution >= 4 is 29.0 Å². The minimum Gasteiger partial charge on any atom is -0.475 e. The van der Waals surface area contributed by atoms with E-state index in [2.05, 4.69) is 25.3 Å². The summed E-state index contributed by atoms with van der Waals surface area (Å²) in [5.74, 6) is 1.16. The summed E-state index contributed by atoms with van der Waals surface area (Å²) >= 11 is 12.1. The third kappa shape index (κ3) is 8.22. The van der Waals surface area contributed by atoms with Crippen molar-refractivity contribution in [3.05, 3.63) is 94.0 Å². The highest BCUT2D eigenvalue weighted by atomic mass is 35.5. The summed E-state index contributed by atoms with van der Waals surface area (Å²) in [4.78, 5) is 12.2. The number of nitrogens with one attached hydrogen (secondary N) is 1. The number of hydrogen-bond donors (Lipinski definition) is 2. The first-order valence-corrected chi connectivity index (χ1v) is 11.7.